The van der Waals surface area contributed by atoms with E-state index in [2.05, 4.69) is 47.0 Å². The van der Waals surface area contributed by atoms with Gasteiger partial charge in [-0.3, -0.25) is 9.69 Å². The van der Waals surface area contributed by atoms with Gasteiger partial charge in [-0.2, -0.15) is 4.98 Å². The Morgan fingerprint density at radius 3 is 2.58 bits per heavy atom. The molecule has 0 bridgehead atoms. The molecule has 0 fully saturated rings. The maximum Gasteiger partial charge on any atom is 0.247 e. The Kier molecular flexibility index (Phi) is 7.27. The minimum Gasteiger partial charge on any atom is -0.487 e. The molecule has 0 aliphatic carbocycles. The zero-order valence-corrected chi connectivity index (χ0v) is 23.3. The standard InChI is InChI=1S/C26H20Br2N4O3S/c1-15(33)32-21-11-7-6-10-18(21)22-24(29-26(36-2)31-30-22)35-25(32)19-12-17(27)13-20(28)23(19)34-14-16-8-4-3-5-9-16/h3-13,25H,14H2,1-2H3/t25-/m0/s1. The van der Waals surface area contributed by atoms with E-state index in [0.29, 0.717) is 45.9 Å². The Bertz CT molecular complexity index is 1440. The molecule has 5 rings (SSSR count). The summed E-state index contributed by atoms with van der Waals surface area (Å²) in [6.45, 7) is 1.85. The molecule has 2 heterocycles. The molecular formula is C26H20Br2N4O3S. The van der Waals surface area contributed by atoms with Crippen molar-refractivity contribution in [1.82, 2.24) is 15.2 Å². The Morgan fingerprint density at radius 2 is 1.83 bits per heavy atom. The number of hydrogen-bond donors (Lipinski definition) is 0. The summed E-state index contributed by atoms with van der Waals surface area (Å²) in [6, 6.07) is 21.2. The number of ether oxygens (including phenoxy) is 2. The summed E-state index contributed by atoms with van der Waals surface area (Å²) >= 11 is 8.60. The van der Waals surface area contributed by atoms with Gasteiger partial charge in [0, 0.05) is 17.0 Å². The van der Waals surface area contributed by atoms with E-state index in [-0.39, 0.29) is 5.91 Å². The molecule has 0 saturated carbocycles. The number of carbonyl (C=O) groups is 1. The number of amides is 1. The van der Waals surface area contributed by atoms with Crippen molar-refractivity contribution in [3.8, 4) is 22.9 Å². The maximum atomic E-state index is 13.2. The third kappa shape index (κ3) is 4.85. The van der Waals surface area contributed by atoms with Crippen LogP contribution in [0.5, 0.6) is 11.6 Å². The number of benzene rings is 3. The van der Waals surface area contributed by atoms with E-state index in [9.17, 15) is 4.79 Å². The highest BCUT2D eigenvalue weighted by atomic mass is 79.9. The molecule has 0 radical (unpaired) electrons. The van der Waals surface area contributed by atoms with Gasteiger partial charge in [0.25, 0.3) is 0 Å². The normalized spacial score (nSPS) is 14.3. The van der Waals surface area contributed by atoms with E-state index in [0.717, 1.165) is 14.5 Å². The molecule has 0 spiro atoms. The first kappa shape index (κ1) is 24.7. The van der Waals surface area contributed by atoms with Crippen molar-refractivity contribution in [3.05, 3.63) is 86.8 Å². The highest BCUT2D eigenvalue weighted by molar-refractivity contribution is 9.11. The number of aromatic nitrogens is 3. The quantitative estimate of drug-likeness (QED) is 0.225. The van der Waals surface area contributed by atoms with Gasteiger partial charge in [0.2, 0.25) is 23.2 Å². The third-order valence-electron chi connectivity index (χ3n) is 5.56. The average molecular weight is 628 g/mol. The second-order valence-electron chi connectivity index (χ2n) is 7.91. The Labute approximate surface area is 229 Å². The molecule has 36 heavy (non-hydrogen) atoms. The van der Waals surface area contributed by atoms with Crippen LogP contribution in [-0.4, -0.2) is 27.3 Å². The number of halogens is 2. The number of hydrogen-bond acceptors (Lipinski definition) is 7. The van der Waals surface area contributed by atoms with E-state index in [1.165, 1.54) is 18.7 Å². The molecule has 4 aromatic rings. The Hall–Kier alpha value is -2.95. The highest BCUT2D eigenvalue weighted by Gasteiger charge is 2.36. The molecule has 1 aliphatic rings. The molecule has 0 unspecified atom stereocenters. The van der Waals surface area contributed by atoms with Crippen LogP contribution < -0.4 is 14.4 Å². The van der Waals surface area contributed by atoms with Crippen molar-refractivity contribution in [2.24, 2.45) is 0 Å². The molecule has 1 aromatic heterocycles. The summed E-state index contributed by atoms with van der Waals surface area (Å²) in [4.78, 5) is 19.3. The minimum atomic E-state index is -0.879. The van der Waals surface area contributed by atoms with Gasteiger partial charge in [0.05, 0.1) is 15.7 Å². The lowest BCUT2D eigenvalue weighted by molar-refractivity contribution is -0.118. The Morgan fingerprint density at radius 1 is 1.08 bits per heavy atom. The molecule has 1 aliphatic heterocycles. The molecular weight excluding hydrogens is 608 g/mol. The fraction of sp³-hybridized carbons (Fsp3) is 0.154. The van der Waals surface area contributed by atoms with Gasteiger partial charge in [-0.15, -0.1) is 10.2 Å². The lowest BCUT2D eigenvalue weighted by Gasteiger charge is -2.31. The lowest BCUT2D eigenvalue weighted by atomic mass is 10.1. The van der Waals surface area contributed by atoms with E-state index < -0.39 is 6.23 Å². The monoisotopic (exact) mass is 626 g/mol. The van der Waals surface area contributed by atoms with Crippen molar-refractivity contribution in [2.75, 3.05) is 11.2 Å². The van der Waals surface area contributed by atoms with Crippen molar-refractivity contribution < 1.29 is 14.3 Å². The predicted octanol–water partition coefficient (Wildman–Crippen LogP) is 6.81. The molecule has 0 N–H and O–H groups in total. The van der Waals surface area contributed by atoms with E-state index in [4.69, 9.17) is 9.47 Å². The first-order valence-electron chi connectivity index (χ1n) is 11.0. The van der Waals surface area contributed by atoms with Crippen LogP contribution in [0.4, 0.5) is 5.69 Å². The number of anilines is 1. The average Bonchev–Trinajstić information content (AvgIpc) is 3.02. The highest BCUT2D eigenvalue weighted by Crippen LogP contribution is 2.47. The van der Waals surface area contributed by atoms with Crippen LogP contribution in [-0.2, 0) is 11.4 Å². The third-order valence-corrected chi connectivity index (χ3v) is 7.15. The summed E-state index contributed by atoms with van der Waals surface area (Å²) in [5.41, 5.74) is 3.48. The fourth-order valence-corrected chi connectivity index (χ4v) is 5.66. The number of carbonyl (C=O) groups excluding carboxylic acids is 1. The molecule has 3 aromatic carbocycles. The van der Waals surface area contributed by atoms with Crippen LogP contribution in [0.25, 0.3) is 11.3 Å². The van der Waals surface area contributed by atoms with Gasteiger partial charge in [0.1, 0.15) is 12.4 Å². The first-order chi connectivity index (χ1) is 17.5. The van der Waals surface area contributed by atoms with Crippen LogP contribution >= 0.6 is 43.6 Å². The topological polar surface area (TPSA) is 77.4 Å². The van der Waals surface area contributed by atoms with Gasteiger partial charge in [-0.25, -0.2) is 0 Å². The van der Waals surface area contributed by atoms with Gasteiger partial charge in [-0.1, -0.05) is 76.2 Å². The van der Waals surface area contributed by atoms with Crippen molar-refractivity contribution in [1.29, 1.82) is 0 Å². The van der Waals surface area contributed by atoms with E-state index in [1.807, 2.05) is 73.0 Å². The fourth-order valence-electron chi connectivity index (χ4n) is 3.99. The number of para-hydroxylation sites is 1. The van der Waals surface area contributed by atoms with Crippen molar-refractivity contribution in [3.63, 3.8) is 0 Å². The number of nitrogens with zero attached hydrogens (tertiary/aromatic N) is 4. The summed E-state index contributed by atoms with van der Waals surface area (Å²) in [5, 5.41) is 9.08. The predicted molar refractivity (Wildman–Crippen MR) is 146 cm³/mol. The molecule has 1 atom stereocenters. The minimum absolute atomic E-state index is 0.205. The molecule has 7 nitrogen and oxygen atoms in total. The summed E-state index contributed by atoms with van der Waals surface area (Å²) in [7, 11) is 0. The van der Waals surface area contributed by atoms with Crippen LogP contribution in [0.2, 0.25) is 0 Å². The van der Waals surface area contributed by atoms with Gasteiger partial charge >= 0.3 is 0 Å². The van der Waals surface area contributed by atoms with Gasteiger partial charge in [0.15, 0.2) is 5.69 Å². The zero-order chi connectivity index (χ0) is 25.2. The lowest BCUT2D eigenvalue weighted by Crippen LogP contribution is -2.36. The number of rotatable bonds is 5. The summed E-state index contributed by atoms with van der Waals surface area (Å²) in [5.74, 6) is 0.649. The molecule has 10 heteroatoms. The smallest absolute Gasteiger partial charge is 0.247 e. The molecule has 182 valence electrons. The van der Waals surface area contributed by atoms with Crippen molar-refractivity contribution >= 4 is 55.2 Å². The van der Waals surface area contributed by atoms with Crippen LogP contribution in [0, 0.1) is 0 Å². The van der Waals surface area contributed by atoms with Gasteiger partial charge in [-0.05, 0) is 45.9 Å². The van der Waals surface area contributed by atoms with Gasteiger partial charge < -0.3 is 9.47 Å². The largest absolute Gasteiger partial charge is 0.487 e. The van der Waals surface area contributed by atoms with Crippen molar-refractivity contribution in [2.45, 2.75) is 24.9 Å². The molecule has 1 amide bonds. The number of thioether (sulfide) groups is 1. The van der Waals surface area contributed by atoms with Crippen LogP contribution in [0.15, 0.2) is 80.8 Å². The SMILES string of the molecule is CSc1nnc2c(n1)O[C@@H](c1cc(Br)cc(Br)c1OCc1ccccc1)N(C(C)=O)c1ccccc1-2. The van der Waals surface area contributed by atoms with E-state index >= 15 is 0 Å². The van der Waals surface area contributed by atoms with Crippen LogP contribution in [0.1, 0.15) is 24.3 Å². The number of fused-ring (bicyclic) bond motifs is 3. The zero-order valence-electron chi connectivity index (χ0n) is 19.3. The second kappa shape index (κ2) is 10.6. The first-order valence-corrected chi connectivity index (χ1v) is 13.8. The maximum absolute atomic E-state index is 13.2. The molecule has 0 saturated heterocycles. The Balaban J connectivity index is 1.69. The second-order valence-corrected chi connectivity index (χ2v) is 10.5. The summed E-state index contributed by atoms with van der Waals surface area (Å²) in [6.07, 6.45) is 0.991. The summed E-state index contributed by atoms with van der Waals surface area (Å²) < 4.78 is 14.3. The van der Waals surface area contributed by atoms with Crippen LogP contribution in [0.3, 0.4) is 0 Å². The van der Waals surface area contributed by atoms with E-state index in [1.54, 1.807) is 4.90 Å².